The number of benzene rings is 1. The summed E-state index contributed by atoms with van der Waals surface area (Å²) in [7, 11) is -0.477. The first kappa shape index (κ1) is 32.4. The SMILES string of the molecule is CCCCCS(=O)(=O)N(C)[C@H]1CCCCO[C@H]2C=C3C=CC(OC)=CC3[C@@H]2NC[C@@H](O)[C@H](Cc2ccccc2)NC1=O. The Morgan fingerprint density at radius 2 is 1.90 bits per heavy atom. The van der Waals surface area contributed by atoms with E-state index in [1.54, 1.807) is 7.11 Å². The normalized spacial score (nSPS) is 29.1. The van der Waals surface area contributed by atoms with Crippen LogP contribution in [0.2, 0.25) is 0 Å². The van der Waals surface area contributed by atoms with Crippen LogP contribution in [0, 0.1) is 5.92 Å². The summed E-state index contributed by atoms with van der Waals surface area (Å²) >= 11 is 0. The number of aliphatic hydroxyl groups is 1. The smallest absolute Gasteiger partial charge is 0.238 e. The lowest BCUT2D eigenvalue weighted by Gasteiger charge is -2.33. The van der Waals surface area contributed by atoms with Gasteiger partial charge in [-0.25, -0.2) is 8.42 Å². The van der Waals surface area contributed by atoms with E-state index in [4.69, 9.17) is 9.47 Å². The monoisotopic (exact) mass is 601 g/mol. The highest BCUT2D eigenvalue weighted by Gasteiger charge is 2.39. The molecule has 9 nitrogen and oxygen atoms in total. The number of carbonyl (C=O) groups is 1. The number of carbonyl (C=O) groups excluding carboxylic acids is 1. The summed E-state index contributed by atoms with van der Waals surface area (Å²) in [6.07, 6.45) is 11.4. The molecule has 0 aromatic heterocycles. The van der Waals surface area contributed by atoms with E-state index in [9.17, 15) is 18.3 Å². The van der Waals surface area contributed by atoms with Gasteiger partial charge < -0.3 is 25.2 Å². The van der Waals surface area contributed by atoms with E-state index in [1.165, 1.54) is 11.4 Å². The zero-order valence-electron chi connectivity index (χ0n) is 25.1. The number of aliphatic hydroxyl groups excluding tert-OH is 1. The minimum absolute atomic E-state index is 0.0107. The summed E-state index contributed by atoms with van der Waals surface area (Å²) < 4.78 is 39.4. The first-order valence-electron chi connectivity index (χ1n) is 15.2. The molecule has 1 saturated heterocycles. The van der Waals surface area contributed by atoms with Gasteiger partial charge in [0.15, 0.2) is 0 Å². The summed E-state index contributed by atoms with van der Waals surface area (Å²) in [5, 5.41) is 18.1. The molecule has 0 bridgehead atoms. The predicted octanol–water partition coefficient (Wildman–Crippen LogP) is 3.08. The second-order valence-corrected chi connectivity index (χ2v) is 13.6. The average molecular weight is 602 g/mol. The third-order valence-electron chi connectivity index (χ3n) is 8.52. The van der Waals surface area contributed by atoms with Gasteiger partial charge in [0.05, 0.1) is 31.1 Å². The molecule has 3 aliphatic rings. The summed E-state index contributed by atoms with van der Waals surface area (Å²) in [5.41, 5.74) is 2.11. The number of allylic oxidation sites excluding steroid dienone is 2. The van der Waals surface area contributed by atoms with Crippen molar-refractivity contribution in [3.8, 4) is 0 Å². The molecule has 0 radical (unpaired) electrons. The van der Waals surface area contributed by atoms with Crippen molar-refractivity contribution >= 4 is 15.9 Å². The molecule has 232 valence electrons. The van der Waals surface area contributed by atoms with Crippen LogP contribution >= 0.6 is 0 Å². The number of unbranched alkanes of at least 4 members (excludes halogenated alkanes) is 2. The second kappa shape index (κ2) is 15.3. The van der Waals surface area contributed by atoms with Gasteiger partial charge in [-0.15, -0.1) is 0 Å². The molecule has 0 saturated carbocycles. The second-order valence-electron chi connectivity index (χ2n) is 11.5. The Balaban J connectivity index is 1.57. The highest BCUT2D eigenvalue weighted by molar-refractivity contribution is 7.89. The standard InChI is InChI=1S/C32H47N3O6S/c1-4-5-11-18-42(38,39)35(2)28-14-9-10-17-41-30-20-24-15-16-25(40-3)21-26(24)31(30)33-22-29(36)27(34-32(28)37)19-23-12-7-6-8-13-23/h6-8,12-13,15-16,20-21,26-31,33,36H,4-5,9-11,14,17-19,22H2,1-3H3,(H,34,37)/t26?,27-,28-,29+,30-,31-/m0/s1. The van der Waals surface area contributed by atoms with E-state index in [0.29, 0.717) is 38.7 Å². The van der Waals surface area contributed by atoms with Crippen LogP contribution in [0.5, 0.6) is 0 Å². The summed E-state index contributed by atoms with van der Waals surface area (Å²) in [5.74, 6) is 0.445. The number of β-amino-alcohol motifs (C(OH)–C–C–N with tert-alkyl or cyclic N) is 1. The number of rotatable bonds is 9. The van der Waals surface area contributed by atoms with Gasteiger partial charge in [0, 0.05) is 32.2 Å². The quantitative estimate of drug-likeness (QED) is 0.373. The fraction of sp³-hybridized carbons (Fsp3) is 0.594. The van der Waals surface area contributed by atoms with Gasteiger partial charge in [-0.05, 0) is 55.4 Å². The zero-order chi connectivity index (χ0) is 30.1. The van der Waals surface area contributed by atoms with Crippen LogP contribution in [0.1, 0.15) is 51.0 Å². The minimum atomic E-state index is -3.63. The van der Waals surface area contributed by atoms with Gasteiger partial charge in [0.25, 0.3) is 0 Å². The Hall–Kier alpha value is -2.50. The van der Waals surface area contributed by atoms with Crippen LogP contribution in [0.3, 0.4) is 0 Å². The number of hydrogen-bond donors (Lipinski definition) is 3. The molecule has 1 heterocycles. The van der Waals surface area contributed by atoms with Gasteiger partial charge in [-0.3, -0.25) is 4.79 Å². The van der Waals surface area contributed by atoms with Gasteiger partial charge in [0.2, 0.25) is 15.9 Å². The molecule has 3 N–H and O–H groups in total. The summed E-state index contributed by atoms with van der Waals surface area (Å²) in [6.45, 7) is 2.72. The van der Waals surface area contributed by atoms with Gasteiger partial charge >= 0.3 is 0 Å². The van der Waals surface area contributed by atoms with Gasteiger partial charge in [-0.2, -0.15) is 4.31 Å². The predicted molar refractivity (Wildman–Crippen MR) is 164 cm³/mol. The lowest BCUT2D eigenvalue weighted by atomic mass is 9.91. The van der Waals surface area contributed by atoms with Crippen LogP contribution in [0.25, 0.3) is 0 Å². The Morgan fingerprint density at radius 3 is 2.64 bits per heavy atom. The lowest BCUT2D eigenvalue weighted by molar-refractivity contribution is -0.126. The minimum Gasteiger partial charge on any atom is -0.497 e. The maximum absolute atomic E-state index is 13.8. The van der Waals surface area contributed by atoms with Crippen LogP contribution < -0.4 is 10.6 Å². The number of nitrogens with zero attached hydrogens (tertiary/aromatic N) is 1. The fourth-order valence-electron chi connectivity index (χ4n) is 5.96. The van der Waals surface area contributed by atoms with E-state index >= 15 is 0 Å². The van der Waals surface area contributed by atoms with E-state index in [0.717, 1.165) is 29.7 Å². The zero-order valence-corrected chi connectivity index (χ0v) is 25.9. The molecule has 1 unspecified atom stereocenters. The number of amides is 1. The molecular weight excluding hydrogens is 554 g/mol. The molecule has 1 aliphatic heterocycles. The Kier molecular flexibility index (Phi) is 11.8. The highest BCUT2D eigenvalue weighted by Crippen LogP contribution is 2.35. The number of nitrogens with one attached hydrogen (secondary N) is 2. The van der Waals surface area contributed by atoms with Crippen LogP contribution in [0.4, 0.5) is 0 Å². The first-order valence-corrected chi connectivity index (χ1v) is 16.8. The fourth-order valence-corrected chi connectivity index (χ4v) is 7.41. The summed E-state index contributed by atoms with van der Waals surface area (Å²) in [4.78, 5) is 13.8. The Morgan fingerprint density at radius 1 is 1.12 bits per heavy atom. The maximum atomic E-state index is 13.8. The third-order valence-corrected chi connectivity index (χ3v) is 10.5. The van der Waals surface area contributed by atoms with Crippen LogP contribution in [0.15, 0.2) is 66.0 Å². The number of fused-ring (bicyclic) bond motifs is 3. The lowest BCUT2D eigenvalue weighted by Crippen LogP contribution is -2.56. The molecule has 1 fully saturated rings. The average Bonchev–Trinajstić information content (AvgIpc) is 3.33. The number of sulfonamides is 1. The van der Waals surface area contributed by atoms with Gasteiger partial charge in [0.1, 0.15) is 11.8 Å². The van der Waals surface area contributed by atoms with Crippen LogP contribution in [-0.4, -0.2) is 87.1 Å². The third kappa shape index (κ3) is 8.32. The maximum Gasteiger partial charge on any atom is 0.238 e. The van der Waals surface area contributed by atoms with E-state index in [-0.39, 0.29) is 36.3 Å². The van der Waals surface area contributed by atoms with Crippen molar-refractivity contribution in [2.24, 2.45) is 5.92 Å². The Bertz CT molecular complexity index is 1230. The van der Waals surface area contributed by atoms with Crippen LogP contribution in [-0.2, 0) is 30.7 Å². The topological polar surface area (TPSA) is 117 Å². The van der Waals surface area contributed by atoms with E-state index < -0.39 is 28.2 Å². The number of likely N-dealkylation sites (N-methyl/N-ethyl adjacent to an activating group) is 1. The van der Waals surface area contributed by atoms with E-state index in [2.05, 4.69) is 22.8 Å². The molecule has 2 aliphatic carbocycles. The number of methoxy groups -OCH3 is 1. The largest absolute Gasteiger partial charge is 0.497 e. The molecule has 1 aromatic rings. The van der Waals surface area contributed by atoms with Crippen molar-refractivity contribution < 1.29 is 27.8 Å². The van der Waals surface area contributed by atoms with Crippen molar-refractivity contribution in [1.82, 2.24) is 14.9 Å². The van der Waals surface area contributed by atoms with Crippen molar-refractivity contribution in [1.29, 1.82) is 0 Å². The van der Waals surface area contributed by atoms with Crippen molar-refractivity contribution in [3.05, 3.63) is 71.5 Å². The van der Waals surface area contributed by atoms with Crippen molar-refractivity contribution in [2.45, 2.75) is 82.2 Å². The molecule has 0 spiro atoms. The molecule has 6 atom stereocenters. The molecule has 1 aromatic carbocycles. The number of hydrogen-bond acceptors (Lipinski definition) is 7. The van der Waals surface area contributed by atoms with Crippen molar-refractivity contribution in [3.63, 3.8) is 0 Å². The molecule has 10 heteroatoms. The van der Waals surface area contributed by atoms with E-state index in [1.807, 2.05) is 49.4 Å². The molecule has 4 rings (SSSR count). The highest BCUT2D eigenvalue weighted by atomic mass is 32.2. The van der Waals surface area contributed by atoms with Crippen molar-refractivity contribution in [2.75, 3.05) is 33.1 Å². The van der Waals surface area contributed by atoms with Gasteiger partial charge in [-0.1, -0.05) is 62.2 Å². The first-order chi connectivity index (χ1) is 20.2. The molecular formula is C32H47N3O6S. The molecule has 1 amide bonds. The number of ether oxygens (including phenoxy) is 2. The Labute approximate surface area is 251 Å². The summed E-state index contributed by atoms with van der Waals surface area (Å²) in [6, 6.07) is 8.09. The molecule has 42 heavy (non-hydrogen) atoms.